The van der Waals surface area contributed by atoms with Gasteiger partial charge < -0.3 is 0 Å². The zero-order valence-electron chi connectivity index (χ0n) is 25.5. The van der Waals surface area contributed by atoms with Crippen LogP contribution in [0.4, 0.5) is 0 Å². The van der Waals surface area contributed by atoms with E-state index in [1.807, 2.05) is 0 Å². The van der Waals surface area contributed by atoms with Crippen molar-refractivity contribution in [2.45, 2.75) is 26.2 Å². The van der Waals surface area contributed by atoms with E-state index < -0.39 is 22.3 Å². The third kappa shape index (κ3) is 4.14. The molecule has 0 radical (unpaired) electrons. The monoisotopic (exact) mass is 602 g/mol. The van der Waals surface area contributed by atoms with Gasteiger partial charge in [0, 0.05) is 0 Å². The van der Waals surface area contributed by atoms with Crippen LogP contribution in [0.5, 0.6) is 0 Å². The van der Waals surface area contributed by atoms with Gasteiger partial charge >= 0.3 is 0 Å². The lowest BCUT2D eigenvalue weighted by molar-refractivity contribution is 1.60. The number of benzene rings is 6. The van der Waals surface area contributed by atoms with Crippen molar-refractivity contribution in [1.82, 2.24) is 0 Å². The van der Waals surface area contributed by atoms with Crippen LogP contribution in [0.15, 0.2) is 158 Å². The van der Waals surface area contributed by atoms with Gasteiger partial charge in [0.1, 0.15) is 7.11 Å². The summed E-state index contributed by atoms with van der Waals surface area (Å²) in [7, 11) is -6.84. The standard InChI is InChI=1S/C40H38Si3/c1-41(2,34-23-13-7-14-24-34)43(42(3,4)35-25-15-8-16-26-35)39-28-18-17-27-36(39)38-30-33(31-19-9-5-10-20-31)29-37(40(38)43)32-21-11-6-12-22-32/h5-30H,1-4H3. The maximum absolute atomic E-state index is 2.71. The molecule has 0 atom stereocenters. The first-order valence-electron chi connectivity index (χ1n) is 15.4. The summed E-state index contributed by atoms with van der Waals surface area (Å²) in [6, 6.07) is 60.0. The molecule has 0 aliphatic carbocycles. The maximum atomic E-state index is 2.71. The molecular weight excluding hydrogens is 565 g/mol. The molecule has 1 aliphatic heterocycles. The summed E-state index contributed by atoms with van der Waals surface area (Å²) in [5, 5.41) is 6.49. The molecule has 0 aromatic heterocycles. The average molecular weight is 603 g/mol. The summed E-state index contributed by atoms with van der Waals surface area (Å²) in [6.45, 7) is 10.8. The molecule has 7 rings (SSSR count). The Balaban J connectivity index is 1.70. The molecule has 0 spiro atoms. The Labute approximate surface area is 259 Å². The molecule has 210 valence electrons. The van der Waals surface area contributed by atoms with E-state index in [4.69, 9.17) is 0 Å². The van der Waals surface area contributed by atoms with Gasteiger partial charge in [-0.2, -0.15) is 0 Å². The summed E-state index contributed by atoms with van der Waals surface area (Å²) >= 11 is 0. The third-order valence-corrected chi connectivity index (χ3v) is 47.4. The first kappa shape index (κ1) is 27.8. The summed E-state index contributed by atoms with van der Waals surface area (Å²) < 4.78 is 0. The van der Waals surface area contributed by atoms with Crippen LogP contribution in [0.3, 0.4) is 0 Å². The van der Waals surface area contributed by atoms with Gasteiger partial charge in [0.05, 0.1) is 15.2 Å². The topological polar surface area (TPSA) is 0 Å². The second-order valence-corrected chi connectivity index (χ2v) is 36.6. The Morgan fingerprint density at radius 2 is 0.791 bits per heavy atom. The summed E-state index contributed by atoms with van der Waals surface area (Å²) in [6.07, 6.45) is 0. The molecule has 0 N–H and O–H groups in total. The first-order chi connectivity index (χ1) is 20.9. The molecular formula is C40H38Si3. The van der Waals surface area contributed by atoms with Crippen LogP contribution in [0, 0.1) is 0 Å². The lowest BCUT2D eigenvalue weighted by Gasteiger charge is -2.53. The highest BCUT2D eigenvalue weighted by Gasteiger charge is 2.66. The molecule has 6 aromatic carbocycles. The fourth-order valence-corrected chi connectivity index (χ4v) is 53.5. The van der Waals surface area contributed by atoms with Crippen LogP contribution < -0.4 is 20.7 Å². The number of fused-ring (bicyclic) bond motifs is 3. The third-order valence-electron chi connectivity index (χ3n) is 10.2. The lowest BCUT2D eigenvalue weighted by Crippen LogP contribution is -2.90. The van der Waals surface area contributed by atoms with Gasteiger partial charge in [-0.25, -0.2) is 0 Å². The van der Waals surface area contributed by atoms with Gasteiger partial charge in [0.25, 0.3) is 0 Å². The molecule has 1 aliphatic rings. The van der Waals surface area contributed by atoms with Crippen LogP contribution in [0.2, 0.25) is 26.2 Å². The van der Waals surface area contributed by atoms with E-state index in [0.29, 0.717) is 0 Å². The van der Waals surface area contributed by atoms with Crippen molar-refractivity contribution in [2.75, 3.05) is 0 Å². The minimum Gasteiger partial charge on any atom is -0.0670 e. The van der Waals surface area contributed by atoms with Crippen molar-refractivity contribution < 1.29 is 0 Å². The van der Waals surface area contributed by atoms with Crippen LogP contribution in [-0.4, -0.2) is 22.3 Å². The smallest absolute Gasteiger partial charge is 0.0670 e. The van der Waals surface area contributed by atoms with E-state index in [2.05, 4.69) is 184 Å². The maximum Gasteiger partial charge on any atom is 0.116 e. The predicted octanol–water partition coefficient (Wildman–Crippen LogP) is 7.95. The number of hydrogen-bond donors (Lipinski definition) is 0. The zero-order chi connectivity index (χ0) is 29.7. The van der Waals surface area contributed by atoms with Gasteiger partial charge in [-0.3, -0.25) is 0 Å². The van der Waals surface area contributed by atoms with Crippen LogP contribution in [0.1, 0.15) is 0 Å². The van der Waals surface area contributed by atoms with Crippen LogP contribution in [-0.2, 0) is 0 Å². The number of hydrogen-bond acceptors (Lipinski definition) is 0. The van der Waals surface area contributed by atoms with Gasteiger partial charge in [-0.05, 0) is 50.7 Å². The second-order valence-electron chi connectivity index (χ2n) is 13.0. The van der Waals surface area contributed by atoms with Crippen molar-refractivity contribution in [3.05, 3.63) is 158 Å². The largest absolute Gasteiger partial charge is 0.116 e. The first-order valence-corrected chi connectivity index (χ1v) is 25.4. The second kappa shape index (κ2) is 10.6. The Hall–Kier alpha value is -4.03. The normalized spacial score (nSPS) is 13.8. The Bertz CT molecular complexity index is 1840. The minimum atomic E-state index is -2.48. The minimum absolute atomic E-state index is 1.28. The van der Waals surface area contributed by atoms with E-state index in [0.717, 1.165) is 0 Å². The van der Waals surface area contributed by atoms with Gasteiger partial charge in [0.15, 0.2) is 0 Å². The molecule has 6 aromatic rings. The van der Waals surface area contributed by atoms with Gasteiger partial charge in [-0.1, -0.05) is 187 Å². The van der Waals surface area contributed by atoms with Gasteiger partial charge in [-0.15, -0.1) is 0 Å². The highest BCUT2D eigenvalue weighted by Crippen LogP contribution is 2.43. The van der Waals surface area contributed by atoms with Crippen molar-refractivity contribution >= 4 is 43.0 Å². The molecule has 0 nitrogen and oxygen atoms in total. The molecule has 0 unspecified atom stereocenters. The highest BCUT2D eigenvalue weighted by molar-refractivity contribution is 7.81. The Morgan fingerprint density at radius 1 is 0.372 bits per heavy atom. The van der Waals surface area contributed by atoms with E-state index >= 15 is 0 Å². The SMILES string of the molecule is C[Si](C)(c1ccccc1)[Si]1([Si](C)(C)c2ccccc2)c2ccccc2-c2cc(-c3ccccc3)cc(-c3ccccc3)c21. The van der Waals surface area contributed by atoms with Gasteiger partial charge in [0.2, 0.25) is 0 Å². The number of rotatable bonds is 6. The molecule has 3 heteroatoms. The van der Waals surface area contributed by atoms with Crippen LogP contribution in [0.25, 0.3) is 33.4 Å². The van der Waals surface area contributed by atoms with Crippen LogP contribution >= 0.6 is 0 Å². The predicted molar refractivity (Wildman–Crippen MR) is 195 cm³/mol. The molecule has 1 heterocycles. The molecule has 0 saturated heterocycles. The van der Waals surface area contributed by atoms with Crippen molar-refractivity contribution in [3.8, 4) is 33.4 Å². The van der Waals surface area contributed by atoms with Crippen molar-refractivity contribution in [3.63, 3.8) is 0 Å². The average Bonchev–Trinajstić information content (AvgIpc) is 3.38. The Kier molecular flexibility index (Phi) is 6.85. The van der Waals surface area contributed by atoms with Crippen molar-refractivity contribution in [1.29, 1.82) is 0 Å². The van der Waals surface area contributed by atoms with E-state index in [1.54, 1.807) is 20.7 Å². The van der Waals surface area contributed by atoms with E-state index in [9.17, 15) is 0 Å². The fraction of sp³-hybridized carbons (Fsp3) is 0.100. The lowest BCUT2D eigenvalue weighted by atomic mass is 9.93. The highest BCUT2D eigenvalue weighted by atomic mass is 29.6. The van der Waals surface area contributed by atoms with E-state index in [1.165, 1.54) is 33.4 Å². The Morgan fingerprint density at radius 3 is 1.33 bits per heavy atom. The quantitative estimate of drug-likeness (QED) is 0.170. The molecule has 0 amide bonds. The summed E-state index contributed by atoms with van der Waals surface area (Å²) in [5.41, 5.74) is 8.28. The molecule has 0 saturated carbocycles. The molecule has 0 bridgehead atoms. The van der Waals surface area contributed by atoms with Crippen molar-refractivity contribution in [2.24, 2.45) is 0 Å². The fourth-order valence-electron chi connectivity index (χ4n) is 8.30. The summed E-state index contributed by atoms with van der Waals surface area (Å²) in [4.78, 5) is 0. The zero-order valence-corrected chi connectivity index (χ0v) is 28.5. The molecule has 43 heavy (non-hydrogen) atoms. The van der Waals surface area contributed by atoms with E-state index in [-0.39, 0.29) is 0 Å². The summed E-state index contributed by atoms with van der Waals surface area (Å²) in [5.74, 6) is 0. The molecule has 0 fully saturated rings.